The van der Waals surface area contributed by atoms with Crippen molar-refractivity contribution in [2.24, 2.45) is 5.92 Å². The highest BCUT2D eigenvalue weighted by Crippen LogP contribution is 2.07. The molecule has 6 nitrogen and oxygen atoms in total. The summed E-state index contributed by atoms with van der Waals surface area (Å²) in [5.74, 6) is -0.194. The lowest BCUT2D eigenvalue weighted by atomic mass is 10.1. The van der Waals surface area contributed by atoms with Crippen LogP contribution in [-0.2, 0) is 0 Å². The van der Waals surface area contributed by atoms with E-state index in [4.69, 9.17) is 10.8 Å². The number of hydrogen-bond donors (Lipinski definition) is 4. The third-order valence-electron chi connectivity index (χ3n) is 2.21. The highest BCUT2D eigenvalue weighted by molar-refractivity contribution is 5.97. The molecule has 1 amide bonds. The van der Waals surface area contributed by atoms with Gasteiger partial charge in [-0.3, -0.25) is 9.89 Å². The van der Waals surface area contributed by atoms with Gasteiger partial charge in [0.1, 0.15) is 5.69 Å². The largest absolute Gasteiger partial charge is 0.396 e. The van der Waals surface area contributed by atoms with Crippen molar-refractivity contribution in [3.63, 3.8) is 0 Å². The van der Waals surface area contributed by atoms with Crippen LogP contribution >= 0.6 is 0 Å². The lowest BCUT2D eigenvalue weighted by Crippen LogP contribution is -2.41. The van der Waals surface area contributed by atoms with Gasteiger partial charge in [0, 0.05) is 0 Å². The quantitative estimate of drug-likeness (QED) is 0.552. The van der Waals surface area contributed by atoms with Crippen molar-refractivity contribution in [1.82, 2.24) is 15.5 Å². The van der Waals surface area contributed by atoms with Gasteiger partial charge in [-0.1, -0.05) is 13.8 Å². The first-order valence-electron chi connectivity index (χ1n) is 4.76. The molecule has 0 aliphatic heterocycles. The van der Waals surface area contributed by atoms with Gasteiger partial charge in [0.05, 0.1) is 24.5 Å². The second-order valence-corrected chi connectivity index (χ2v) is 3.71. The lowest BCUT2D eigenvalue weighted by molar-refractivity contribution is 0.0892. The van der Waals surface area contributed by atoms with E-state index >= 15 is 0 Å². The zero-order chi connectivity index (χ0) is 11.4. The van der Waals surface area contributed by atoms with Crippen LogP contribution in [0.3, 0.4) is 0 Å². The van der Waals surface area contributed by atoms with E-state index in [1.165, 1.54) is 6.20 Å². The number of amides is 1. The summed E-state index contributed by atoms with van der Waals surface area (Å²) in [7, 11) is 0. The van der Waals surface area contributed by atoms with Crippen LogP contribution in [-0.4, -0.2) is 33.9 Å². The first-order valence-corrected chi connectivity index (χ1v) is 4.76. The minimum absolute atomic E-state index is 0.0998. The van der Waals surface area contributed by atoms with E-state index in [-0.39, 0.29) is 30.2 Å². The van der Waals surface area contributed by atoms with Crippen molar-refractivity contribution in [2.75, 3.05) is 12.3 Å². The predicted octanol–water partition coefficient (Wildman–Crippen LogP) is -0.261. The Bertz CT molecular complexity index is 335. The smallest absolute Gasteiger partial charge is 0.271 e. The van der Waals surface area contributed by atoms with Crippen LogP contribution in [0.4, 0.5) is 5.69 Å². The van der Waals surface area contributed by atoms with Crippen molar-refractivity contribution in [1.29, 1.82) is 0 Å². The summed E-state index contributed by atoms with van der Waals surface area (Å²) in [5, 5.41) is 17.9. The number of hydrogen-bond acceptors (Lipinski definition) is 4. The topological polar surface area (TPSA) is 104 Å². The molecule has 1 aromatic rings. The number of nitrogens with one attached hydrogen (secondary N) is 2. The van der Waals surface area contributed by atoms with Crippen LogP contribution in [0.25, 0.3) is 0 Å². The molecule has 15 heavy (non-hydrogen) atoms. The summed E-state index contributed by atoms with van der Waals surface area (Å²) in [6.45, 7) is 3.73. The number of nitrogens with two attached hydrogens (primary N) is 1. The van der Waals surface area contributed by atoms with E-state index in [0.717, 1.165) is 0 Å². The van der Waals surface area contributed by atoms with Crippen molar-refractivity contribution in [3.05, 3.63) is 11.9 Å². The zero-order valence-electron chi connectivity index (χ0n) is 8.82. The first-order chi connectivity index (χ1) is 7.06. The summed E-state index contributed by atoms with van der Waals surface area (Å²) < 4.78 is 0. The number of nitrogen functional groups attached to an aromatic ring is 1. The molecule has 0 spiro atoms. The van der Waals surface area contributed by atoms with E-state index in [1.54, 1.807) is 0 Å². The highest BCUT2D eigenvalue weighted by Gasteiger charge is 2.18. The molecule has 1 heterocycles. The van der Waals surface area contributed by atoms with Crippen LogP contribution in [0.5, 0.6) is 0 Å². The predicted molar refractivity (Wildman–Crippen MR) is 56.2 cm³/mol. The number of aromatic amines is 1. The van der Waals surface area contributed by atoms with E-state index in [1.807, 2.05) is 13.8 Å². The van der Waals surface area contributed by atoms with Gasteiger partial charge >= 0.3 is 0 Å². The molecule has 1 rings (SSSR count). The van der Waals surface area contributed by atoms with E-state index in [0.29, 0.717) is 5.69 Å². The van der Waals surface area contributed by atoms with Crippen molar-refractivity contribution in [2.45, 2.75) is 19.9 Å². The Labute approximate surface area is 87.9 Å². The van der Waals surface area contributed by atoms with Gasteiger partial charge in [-0.2, -0.15) is 5.10 Å². The molecule has 0 radical (unpaired) electrons. The molecule has 0 saturated heterocycles. The number of carbonyl (C=O) groups is 1. The fourth-order valence-corrected chi connectivity index (χ4v) is 1.14. The number of aliphatic hydroxyl groups excluding tert-OH is 1. The number of rotatable bonds is 4. The van der Waals surface area contributed by atoms with Gasteiger partial charge in [0.15, 0.2) is 0 Å². The van der Waals surface area contributed by atoms with Crippen LogP contribution in [0, 0.1) is 5.92 Å². The normalized spacial score (nSPS) is 12.8. The molecule has 0 aliphatic rings. The van der Waals surface area contributed by atoms with Crippen LogP contribution < -0.4 is 11.1 Å². The lowest BCUT2D eigenvalue weighted by Gasteiger charge is -2.19. The second-order valence-electron chi connectivity index (χ2n) is 3.71. The van der Waals surface area contributed by atoms with Crippen molar-refractivity contribution in [3.8, 4) is 0 Å². The summed E-state index contributed by atoms with van der Waals surface area (Å²) in [4.78, 5) is 11.6. The Kier molecular flexibility index (Phi) is 3.68. The Morgan fingerprint density at radius 1 is 1.73 bits per heavy atom. The molecule has 84 valence electrons. The molecule has 0 aliphatic carbocycles. The molecule has 0 unspecified atom stereocenters. The van der Waals surface area contributed by atoms with Gasteiger partial charge in [-0.25, -0.2) is 0 Å². The number of anilines is 1. The summed E-state index contributed by atoms with van der Waals surface area (Å²) >= 11 is 0. The zero-order valence-corrected chi connectivity index (χ0v) is 8.82. The van der Waals surface area contributed by atoms with E-state index in [9.17, 15) is 4.79 Å². The fraction of sp³-hybridized carbons (Fsp3) is 0.556. The summed E-state index contributed by atoms with van der Waals surface area (Å²) in [6.07, 6.45) is 1.37. The molecule has 0 aromatic carbocycles. The molecule has 5 N–H and O–H groups in total. The average Bonchev–Trinajstić information content (AvgIpc) is 2.60. The first kappa shape index (κ1) is 11.5. The number of aliphatic hydroxyl groups is 1. The molecule has 0 fully saturated rings. The molecule has 1 aromatic heterocycles. The van der Waals surface area contributed by atoms with Crippen molar-refractivity contribution < 1.29 is 9.90 Å². The van der Waals surface area contributed by atoms with Gasteiger partial charge in [-0.05, 0) is 5.92 Å². The SMILES string of the molecule is CC(C)[C@@H](CO)NC(=O)c1[nH]ncc1N. The number of aromatic nitrogens is 2. The number of carbonyl (C=O) groups excluding carboxylic acids is 1. The van der Waals surface area contributed by atoms with Gasteiger partial charge < -0.3 is 16.2 Å². The number of H-pyrrole nitrogens is 1. The minimum Gasteiger partial charge on any atom is -0.396 e. The Morgan fingerprint density at radius 2 is 2.40 bits per heavy atom. The minimum atomic E-state index is -0.349. The van der Waals surface area contributed by atoms with Gasteiger partial charge in [0.2, 0.25) is 0 Å². The monoisotopic (exact) mass is 212 g/mol. The van der Waals surface area contributed by atoms with Gasteiger partial charge in [0.25, 0.3) is 5.91 Å². The molecule has 6 heteroatoms. The van der Waals surface area contributed by atoms with Gasteiger partial charge in [-0.15, -0.1) is 0 Å². The third-order valence-corrected chi connectivity index (χ3v) is 2.21. The average molecular weight is 212 g/mol. The maximum atomic E-state index is 11.6. The molecular formula is C9H16N4O2. The number of nitrogens with zero attached hydrogens (tertiary/aromatic N) is 1. The third kappa shape index (κ3) is 2.69. The highest BCUT2D eigenvalue weighted by atomic mass is 16.3. The Hall–Kier alpha value is -1.56. The molecule has 0 bridgehead atoms. The second kappa shape index (κ2) is 4.79. The van der Waals surface area contributed by atoms with Crippen LogP contribution in [0.15, 0.2) is 6.20 Å². The van der Waals surface area contributed by atoms with Crippen LogP contribution in [0.2, 0.25) is 0 Å². The Morgan fingerprint density at radius 3 is 2.80 bits per heavy atom. The molecular weight excluding hydrogens is 196 g/mol. The van der Waals surface area contributed by atoms with E-state index < -0.39 is 0 Å². The Balaban J connectivity index is 2.67. The summed E-state index contributed by atoms with van der Waals surface area (Å²) in [6, 6.07) is -0.278. The molecule has 1 atom stereocenters. The maximum Gasteiger partial charge on any atom is 0.271 e. The standard InChI is InChI=1S/C9H16N4O2/c1-5(2)7(4-14)12-9(15)8-6(10)3-11-13-8/h3,5,7,14H,4,10H2,1-2H3,(H,11,13)(H,12,15)/t7-/m1/s1. The molecule has 0 saturated carbocycles. The fourth-order valence-electron chi connectivity index (χ4n) is 1.14. The summed E-state index contributed by atoms with van der Waals surface area (Å²) in [5.41, 5.74) is 6.05. The van der Waals surface area contributed by atoms with Crippen molar-refractivity contribution >= 4 is 11.6 Å². The van der Waals surface area contributed by atoms with Crippen LogP contribution in [0.1, 0.15) is 24.3 Å². The maximum absolute atomic E-state index is 11.6. The van der Waals surface area contributed by atoms with E-state index in [2.05, 4.69) is 15.5 Å².